The number of aromatic nitrogens is 4. The number of nitrogens with two attached hydrogens (primary N) is 1. The molecular formula is C22H26N8. The first-order chi connectivity index (χ1) is 14.5. The molecule has 0 aliphatic carbocycles. The van der Waals surface area contributed by atoms with Gasteiger partial charge in [0, 0.05) is 50.0 Å². The van der Waals surface area contributed by atoms with Crippen LogP contribution in [0.15, 0.2) is 36.7 Å². The molecule has 2 bridgehead atoms. The van der Waals surface area contributed by atoms with E-state index in [1.165, 1.54) is 23.1 Å². The highest BCUT2D eigenvalue weighted by Gasteiger charge is 2.43. The van der Waals surface area contributed by atoms with Crippen molar-refractivity contribution in [1.82, 2.24) is 25.1 Å². The van der Waals surface area contributed by atoms with Crippen LogP contribution < -0.4 is 20.9 Å². The second-order valence-corrected chi connectivity index (χ2v) is 8.78. The molecule has 0 saturated carbocycles. The van der Waals surface area contributed by atoms with E-state index in [2.05, 4.69) is 67.6 Å². The Morgan fingerprint density at radius 2 is 1.87 bits per heavy atom. The molecule has 3 atom stereocenters. The van der Waals surface area contributed by atoms with Crippen LogP contribution in [0, 0.1) is 0 Å². The van der Waals surface area contributed by atoms with Gasteiger partial charge in [-0.3, -0.25) is 10.00 Å². The Balaban J connectivity index is 1.33. The summed E-state index contributed by atoms with van der Waals surface area (Å²) in [6, 6.07) is 9.77. The quantitative estimate of drug-likeness (QED) is 0.692. The second-order valence-electron chi connectivity index (χ2n) is 8.78. The minimum atomic E-state index is 0.341. The summed E-state index contributed by atoms with van der Waals surface area (Å²) in [5.41, 5.74) is 11.2. The fourth-order valence-electron chi connectivity index (χ4n) is 5.01. The molecular weight excluding hydrogens is 376 g/mol. The topological polar surface area (TPSA) is 88.1 Å². The van der Waals surface area contributed by atoms with Gasteiger partial charge in [0.2, 0.25) is 5.95 Å². The van der Waals surface area contributed by atoms with E-state index in [1.807, 2.05) is 17.9 Å². The van der Waals surface area contributed by atoms with Gasteiger partial charge in [0.15, 0.2) is 0 Å². The lowest BCUT2D eigenvalue weighted by atomic mass is 9.92. The molecule has 154 valence electrons. The number of fused-ring (bicyclic) bond motifs is 2. The molecule has 3 N–H and O–H groups in total. The minimum Gasteiger partial charge on any atom is -0.368 e. The second kappa shape index (κ2) is 6.43. The maximum Gasteiger partial charge on any atom is 0.223 e. The van der Waals surface area contributed by atoms with Crippen LogP contribution in [0.1, 0.15) is 24.5 Å². The van der Waals surface area contributed by atoms with Crippen LogP contribution in [0.5, 0.6) is 0 Å². The standard InChI is InChI=1S/C22H26N8/c1-13-5-14-3-4-15(17-9-24-28(2)10-17)6-16(14)11-29(13)20-8-21(27-22(23)26-20)30-12-18-7-19(30)25-18/h3-4,6,8-10,13,18-19,25H,5,7,11-12H2,1-2H3,(H2,23,26,27). The van der Waals surface area contributed by atoms with Crippen molar-refractivity contribution in [2.45, 2.75) is 44.6 Å². The maximum atomic E-state index is 6.13. The highest BCUT2D eigenvalue weighted by atomic mass is 15.4. The molecule has 2 aromatic heterocycles. The van der Waals surface area contributed by atoms with E-state index in [-0.39, 0.29) is 0 Å². The van der Waals surface area contributed by atoms with Crippen molar-refractivity contribution in [2.75, 3.05) is 22.1 Å². The summed E-state index contributed by atoms with van der Waals surface area (Å²) in [5, 5.41) is 7.85. The van der Waals surface area contributed by atoms with Crippen LogP contribution in [-0.2, 0) is 20.0 Å². The highest BCUT2D eigenvalue weighted by Crippen LogP contribution is 2.35. The fourth-order valence-corrected chi connectivity index (χ4v) is 5.01. The van der Waals surface area contributed by atoms with E-state index < -0.39 is 0 Å². The number of hydrogen-bond acceptors (Lipinski definition) is 7. The van der Waals surface area contributed by atoms with Crippen molar-refractivity contribution in [1.29, 1.82) is 0 Å². The Bertz CT molecular complexity index is 1120. The summed E-state index contributed by atoms with van der Waals surface area (Å²) < 4.78 is 1.84. The molecule has 3 saturated heterocycles. The molecule has 7 rings (SSSR count). The molecule has 8 heteroatoms. The summed E-state index contributed by atoms with van der Waals surface area (Å²) in [6.45, 7) is 4.06. The van der Waals surface area contributed by atoms with E-state index >= 15 is 0 Å². The predicted molar refractivity (Wildman–Crippen MR) is 117 cm³/mol. The SMILES string of the molecule is CC1Cc2ccc(-c3cnn(C)c3)cc2CN1c1cc(N2CC3CC2N3)nc(N)n1. The van der Waals surface area contributed by atoms with E-state index in [0.29, 0.717) is 24.2 Å². The van der Waals surface area contributed by atoms with Gasteiger partial charge >= 0.3 is 0 Å². The molecule has 0 amide bonds. The van der Waals surface area contributed by atoms with Crippen LogP contribution in [-0.4, -0.2) is 44.5 Å². The average Bonchev–Trinajstić information content (AvgIpc) is 3.42. The number of hydrogen-bond donors (Lipinski definition) is 2. The zero-order valence-corrected chi connectivity index (χ0v) is 17.3. The van der Waals surface area contributed by atoms with Gasteiger partial charge in [-0.2, -0.15) is 15.1 Å². The van der Waals surface area contributed by atoms with Crippen molar-refractivity contribution in [3.05, 3.63) is 47.8 Å². The number of nitrogens with zero attached hydrogens (tertiary/aromatic N) is 6. The van der Waals surface area contributed by atoms with E-state index in [1.54, 1.807) is 0 Å². The smallest absolute Gasteiger partial charge is 0.223 e. The zero-order valence-electron chi connectivity index (χ0n) is 17.3. The lowest BCUT2D eigenvalue weighted by Gasteiger charge is -2.36. The molecule has 0 spiro atoms. The summed E-state index contributed by atoms with van der Waals surface area (Å²) >= 11 is 0. The van der Waals surface area contributed by atoms with Crippen molar-refractivity contribution < 1.29 is 0 Å². The van der Waals surface area contributed by atoms with Crippen LogP contribution in [0.3, 0.4) is 0 Å². The maximum absolute atomic E-state index is 6.13. The van der Waals surface area contributed by atoms with Gasteiger partial charge in [0.1, 0.15) is 11.6 Å². The largest absolute Gasteiger partial charge is 0.368 e. The Kier molecular flexibility index (Phi) is 3.80. The number of aryl methyl sites for hydroxylation is 1. The zero-order chi connectivity index (χ0) is 20.4. The van der Waals surface area contributed by atoms with Crippen LogP contribution in [0.25, 0.3) is 11.1 Å². The molecule has 0 radical (unpaired) electrons. The van der Waals surface area contributed by atoms with Crippen LogP contribution >= 0.6 is 0 Å². The average molecular weight is 403 g/mol. The summed E-state index contributed by atoms with van der Waals surface area (Å²) in [6.07, 6.45) is 6.52. The summed E-state index contributed by atoms with van der Waals surface area (Å²) in [5.74, 6) is 2.18. The Morgan fingerprint density at radius 3 is 2.57 bits per heavy atom. The number of benzene rings is 1. The summed E-state index contributed by atoms with van der Waals surface area (Å²) in [4.78, 5) is 13.8. The molecule has 3 aromatic rings. The minimum absolute atomic E-state index is 0.341. The molecule has 6 heterocycles. The molecule has 30 heavy (non-hydrogen) atoms. The molecule has 1 aromatic carbocycles. The van der Waals surface area contributed by atoms with Gasteiger partial charge < -0.3 is 15.5 Å². The lowest BCUT2D eigenvalue weighted by Crippen LogP contribution is -2.47. The Labute approximate surface area is 175 Å². The van der Waals surface area contributed by atoms with Crippen molar-refractivity contribution in [3.8, 4) is 11.1 Å². The molecule has 3 unspecified atom stereocenters. The Hall–Kier alpha value is -3.13. The van der Waals surface area contributed by atoms with Crippen LogP contribution in [0.4, 0.5) is 17.6 Å². The number of nitrogens with one attached hydrogen (secondary N) is 1. The van der Waals surface area contributed by atoms with E-state index in [9.17, 15) is 0 Å². The lowest BCUT2D eigenvalue weighted by molar-refractivity contribution is 0.373. The van der Waals surface area contributed by atoms with Gasteiger partial charge in [0.25, 0.3) is 0 Å². The van der Waals surface area contributed by atoms with Gasteiger partial charge in [-0.25, -0.2) is 0 Å². The van der Waals surface area contributed by atoms with E-state index in [4.69, 9.17) is 5.73 Å². The third-order valence-electron chi connectivity index (χ3n) is 6.67. The molecule has 8 nitrogen and oxygen atoms in total. The Morgan fingerprint density at radius 1 is 1.07 bits per heavy atom. The monoisotopic (exact) mass is 402 g/mol. The summed E-state index contributed by atoms with van der Waals surface area (Å²) in [7, 11) is 1.95. The van der Waals surface area contributed by atoms with Gasteiger partial charge in [0.05, 0.1) is 12.4 Å². The fraction of sp³-hybridized carbons (Fsp3) is 0.409. The first kappa shape index (κ1) is 17.7. The van der Waals surface area contributed by atoms with Crippen molar-refractivity contribution >= 4 is 17.6 Å². The van der Waals surface area contributed by atoms with Crippen molar-refractivity contribution in [2.24, 2.45) is 7.05 Å². The molecule has 4 aliphatic heterocycles. The van der Waals surface area contributed by atoms with E-state index in [0.717, 1.165) is 36.7 Å². The number of nitrogen functional groups attached to an aromatic ring is 1. The third-order valence-corrected chi connectivity index (χ3v) is 6.67. The van der Waals surface area contributed by atoms with Gasteiger partial charge in [-0.1, -0.05) is 12.1 Å². The highest BCUT2D eigenvalue weighted by molar-refractivity contribution is 5.65. The molecule has 4 aliphatic rings. The first-order valence-corrected chi connectivity index (χ1v) is 10.6. The number of rotatable bonds is 3. The first-order valence-electron chi connectivity index (χ1n) is 10.6. The number of anilines is 3. The van der Waals surface area contributed by atoms with Gasteiger partial charge in [-0.05, 0) is 42.5 Å². The molecule has 3 fully saturated rings. The van der Waals surface area contributed by atoms with Gasteiger partial charge in [-0.15, -0.1) is 0 Å². The predicted octanol–water partition coefficient (Wildman–Crippen LogP) is 1.92. The third kappa shape index (κ3) is 2.82. The normalized spacial score (nSPS) is 24.7. The van der Waals surface area contributed by atoms with Crippen LogP contribution in [0.2, 0.25) is 0 Å². The van der Waals surface area contributed by atoms with Crippen molar-refractivity contribution in [3.63, 3.8) is 0 Å².